The summed E-state index contributed by atoms with van der Waals surface area (Å²) in [5, 5.41) is 0. The molecule has 0 aliphatic carbocycles. The molecule has 2 heterocycles. The minimum absolute atomic E-state index is 0.0121. The Kier molecular flexibility index (Phi) is 8.12. The van der Waals surface area contributed by atoms with Gasteiger partial charge < -0.3 is 28.7 Å². The van der Waals surface area contributed by atoms with E-state index in [1.54, 1.807) is 7.11 Å². The minimum Gasteiger partial charge on any atom is -0.449 e. The highest BCUT2D eigenvalue weighted by Crippen LogP contribution is 2.28. The average Bonchev–Trinajstić information content (AvgIpc) is 2.63. The smallest absolute Gasteiger partial charge is 0.410 e. The maximum atomic E-state index is 12.2. The molecule has 0 aromatic rings. The second kappa shape index (κ2) is 10.1. The van der Waals surface area contributed by atoms with Gasteiger partial charge in [0.2, 0.25) is 5.91 Å². The van der Waals surface area contributed by atoms with Crippen molar-refractivity contribution < 1.29 is 28.5 Å². The predicted octanol–water partition coefficient (Wildman–Crippen LogP) is 1.14. The zero-order valence-corrected chi connectivity index (χ0v) is 16.2. The van der Waals surface area contributed by atoms with Crippen LogP contribution in [0.2, 0.25) is 0 Å². The van der Waals surface area contributed by atoms with Gasteiger partial charge in [-0.2, -0.15) is 0 Å². The van der Waals surface area contributed by atoms with Gasteiger partial charge in [0.15, 0.2) is 0 Å². The molecule has 0 aromatic carbocycles. The standard InChI is InChI=1S/C18H32N2O6/c1-18(2)13-20(17(22)26-14-18)15-4-6-19(7-5-15)16(21)12-25-11-10-24-9-8-23-3/h15H,4-14H2,1-3H3. The Labute approximate surface area is 155 Å². The molecule has 150 valence electrons. The number of rotatable bonds is 9. The summed E-state index contributed by atoms with van der Waals surface area (Å²) in [5.41, 5.74) is -0.0277. The number of carbonyl (C=O) groups is 2. The third-order valence-corrected chi connectivity index (χ3v) is 4.71. The van der Waals surface area contributed by atoms with Crippen LogP contribution >= 0.6 is 0 Å². The van der Waals surface area contributed by atoms with Crippen LogP contribution in [-0.2, 0) is 23.7 Å². The van der Waals surface area contributed by atoms with Crippen LogP contribution in [0.15, 0.2) is 0 Å². The van der Waals surface area contributed by atoms with Crippen molar-refractivity contribution in [3.63, 3.8) is 0 Å². The molecule has 0 atom stereocenters. The number of ether oxygens (including phenoxy) is 4. The summed E-state index contributed by atoms with van der Waals surface area (Å²) in [6.07, 6.45) is 1.32. The number of hydrogen-bond donors (Lipinski definition) is 0. The lowest BCUT2D eigenvalue weighted by atomic mass is 9.91. The molecule has 8 nitrogen and oxygen atoms in total. The van der Waals surface area contributed by atoms with Crippen LogP contribution in [0.25, 0.3) is 0 Å². The van der Waals surface area contributed by atoms with Gasteiger partial charge in [0.1, 0.15) is 6.61 Å². The highest BCUT2D eigenvalue weighted by atomic mass is 16.6. The molecule has 8 heteroatoms. The van der Waals surface area contributed by atoms with E-state index in [0.717, 1.165) is 12.8 Å². The second-order valence-electron chi connectivity index (χ2n) is 7.62. The first-order chi connectivity index (χ1) is 12.4. The summed E-state index contributed by atoms with van der Waals surface area (Å²) in [7, 11) is 1.62. The van der Waals surface area contributed by atoms with Gasteiger partial charge >= 0.3 is 6.09 Å². The molecule has 2 aliphatic rings. The normalized spacial score (nSPS) is 21.0. The van der Waals surface area contributed by atoms with Crippen LogP contribution < -0.4 is 0 Å². The van der Waals surface area contributed by atoms with E-state index < -0.39 is 0 Å². The van der Waals surface area contributed by atoms with Gasteiger partial charge in [-0.05, 0) is 12.8 Å². The quantitative estimate of drug-likeness (QED) is 0.565. The Morgan fingerprint density at radius 2 is 1.81 bits per heavy atom. The highest BCUT2D eigenvalue weighted by Gasteiger charge is 2.38. The number of carbonyl (C=O) groups excluding carboxylic acids is 2. The predicted molar refractivity (Wildman–Crippen MR) is 95.0 cm³/mol. The molecule has 2 saturated heterocycles. The van der Waals surface area contributed by atoms with Crippen molar-refractivity contribution in [1.29, 1.82) is 0 Å². The van der Waals surface area contributed by atoms with Gasteiger partial charge in [-0.1, -0.05) is 13.8 Å². The topological polar surface area (TPSA) is 77.5 Å². The van der Waals surface area contributed by atoms with E-state index in [-0.39, 0.29) is 30.1 Å². The molecule has 2 fully saturated rings. The van der Waals surface area contributed by atoms with E-state index >= 15 is 0 Å². The molecule has 26 heavy (non-hydrogen) atoms. The van der Waals surface area contributed by atoms with Gasteiger partial charge in [-0.25, -0.2) is 4.79 Å². The zero-order chi connectivity index (χ0) is 19.0. The second-order valence-corrected chi connectivity index (χ2v) is 7.62. The Morgan fingerprint density at radius 1 is 1.15 bits per heavy atom. The summed E-state index contributed by atoms with van der Waals surface area (Å²) in [5.74, 6) is -0.0121. The van der Waals surface area contributed by atoms with Crippen LogP contribution in [0.4, 0.5) is 4.79 Å². The van der Waals surface area contributed by atoms with Crippen molar-refractivity contribution in [2.75, 3.05) is 66.4 Å². The van der Waals surface area contributed by atoms with E-state index in [0.29, 0.717) is 52.7 Å². The SMILES string of the molecule is COCCOCCOCC(=O)N1CCC(N2CC(C)(C)COC2=O)CC1. The summed E-state index contributed by atoms with van der Waals surface area (Å²) < 4.78 is 20.8. The van der Waals surface area contributed by atoms with E-state index in [1.165, 1.54) is 0 Å². The first kappa shape index (κ1) is 20.9. The highest BCUT2D eigenvalue weighted by molar-refractivity contribution is 5.77. The third-order valence-electron chi connectivity index (χ3n) is 4.71. The van der Waals surface area contributed by atoms with Crippen molar-refractivity contribution in [3.8, 4) is 0 Å². The van der Waals surface area contributed by atoms with Crippen LogP contribution in [0.1, 0.15) is 26.7 Å². The van der Waals surface area contributed by atoms with Crippen molar-refractivity contribution in [2.24, 2.45) is 5.41 Å². The maximum Gasteiger partial charge on any atom is 0.410 e. The van der Waals surface area contributed by atoms with Crippen LogP contribution in [-0.4, -0.2) is 94.2 Å². The molecule has 2 aliphatic heterocycles. The number of likely N-dealkylation sites (tertiary alicyclic amines) is 1. The molecule has 0 radical (unpaired) electrons. The fourth-order valence-corrected chi connectivity index (χ4v) is 3.23. The van der Waals surface area contributed by atoms with Crippen LogP contribution in [0, 0.1) is 5.41 Å². The Morgan fingerprint density at radius 3 is 2.50 bits per heavy atom. The summed E-state index contributed by atoms with van der Waals surface area (Å²) >= 11 is 0. The number of cyclic esters (lactones) is 1. The first-order valence-corrected chi connectivity index (χ1v) is 9.28. The number of piperidine rings is 1. The largest absolute Gasteiger partial charge is 0.449 e. The average molecular weight is 372 g/mol. The lowest BCUT2D eigenvalue weighted by Gasteiger charge is -2.44. The molecule has 0 saturated carbocycles. The lowest BCUT2D eigenvalue weighted by Crippen LogP contribution is -2.55. The Bertz CT molecular complexity index is 463. The molecule has 2 rings (SSSR count). The van der Waals surface area contributed by atoms with Crippen LogP contribution in [0.5, 0.6) is 0 Å². The fraction of sp³-hybridized carbons (Fsp3) is 0.889. The summed E-state index contributed by atoms with van der Waals surface area (Å²) in [6, 6.07) is 0.140. The number of amides is 2. The van der Waals surface area contributed by atoms with E-state index in [1.807, 2.05) is 9.80 Å². The maximum absolute atomic E-state index is 12.2. The summed E-state index contributed by atoms with van der Waals surface area (Å²) in [4.78, 5) is 27.9. The zero-order valence-electron chi connectivity index (χ0n) is 16.2. The summed E-state index contributed by atoms with van der Waals surface area (Å²) in [6.45, 7) is 8.63. The molecule has 0 unspecified atom stereocenters. The van der Waals surface area contributed by atoms with Crippen molar-refractivity contribution in [2.45, 2.75) is 32.7 Å². The van der Waals surface area contributed by atoms with Gasteiger partial charge in [0.25, 0.3) is 0 Å². The molecular formula is C18H32N2O6. The third kappa shape index (κ3) is 6.41. The molecule has 0 aromatic heterocycles. The monoisotopic (exact) mass is 372 g/mol. The molecule has 0 spiro atoms. The van der Waals surface area contributed by atoms with E-state index in [2.05, 4.69) is 13.8 Å². The fourth-order valence-electron chi connectivity index (χ4n) is 3.23. The van der Waals surface area contributed by atoms with Gasteiger partial charge in [0, 0.05) is 38.2 Å². The van der Waals surface area contributed by atoms with Gasteiger partial charge in [-0.15, -0.1) is 0 Å². The molecular weight excluding hydrogens is 340 g/mol. The van der Waals surface area contributed by atoms with Crippen molar-refractivity contribution >= 4 is 12.0 Å². The van der Waals surface area contributed by atoms with E-state index in [4.69, 9.17) is 18.9 Å². The number of nitrogens with zero attached hydrogens (tertiary/aromatic N) is 2. The molecule has 0 bridgehead atoms. The first-order valence-electron chi connectivity index (χ1n) is 9.28. The minimum atomic E-state index is -0.231. The van der Waals surface area contributed by atoms with Crippen molar-refractivity contribution in [1.82, 2.24) is 9.80 Å². The molecule has 0 N–H and O–H groups in total. The lowest BCUT2D eigenvalue weighted by molar-refractivity contribution is -0.138. The van der Waals surface area contributed by atoms with Crippen LogP contribution in [0.3, 0.4) is 0 Å². The Hall–Kier alpha value is -1.38. The number of hydrogen-bond acceptors (Lipinski definition) is 6. The van der Waals surface area contributed by atoms with E-state index in [9.17, 15) is 9.59 Å². The van der Waals surface area contributed by atoms with Crippen molar-refractivity contribution in [3.05, 3.63) is 0 Å². The molecule has 2 amide bonds. The number of methoxy groups -OCH3 is 1. The Balaban J connectivity index is 1.64. The van der Waals surface area contributed by atoms with Gasteiger partial charge in [0.05, 0.1) is 33.0 Å². The van der Waals surface area contributed by atoms with Gasteiger partial charge in [-0.3, -0.25) is 4.79 Å².